The lowest BCUT2D eigenvalue weighted by Crippen LogP contribution is -2.35. The normalized spacial score (nSPS) is 15.8. The zero-order valence-corrected chi connectivity index (χ0v) is 16.5. The van der Waals surface area contributed by atoms with Crippen molar-refractivity contribution in [1.82, 2.24) is 19.7 Å². The van der Waals surface area contributed by atoms with Crippen LogP contribution in [0.2, 0.25) is 0 Å². The van der Waals surface area contributed by atoms with Gasteiger partial charge < -0.3 is 4.90 Å². The number of anilines is 1. The zero-order chi connectivity index (χ0) is 17.2. The zero-order valence-electron chi connectivity index (χ0n) is 14.1. The molecule has 130 valence electrons. The van der Waals surface area contributed by atoms with E-state index in [1.807, 2.05) is 17.1 Å². The van der Waals surface area contributed by atoms with Gasteiger partial charge in [0.05, 0.1) is 16.2 Å². The molecule has 0 atom stereocenters. The number of thioether (sulfide) groups is 1. The average molecular weight is 418 g/mol. The van der Waals surface area contributed by atoms with Crippen LogP contribution in [0.5, 0.6) is 0 Å². The van der Waals surface area contributed by atoms with E-state index in [9.17, 15) is 0 Å². The monoisotopic (exact) mass is 417 g/mol. The number of aromatic nitrogens is 4. The van der Waals surface area contributed by atoms with Crippen LogP contribution in [0.3, 0.4) is 0 Å². The van der Waals surface area contributed by atoms with Crippen LogP contribution in [-0.4, -0.2) is 39.1 Å². The molecule has 1 saturated heterocycles. The summed E-state index contributed by atoms with van der Waals surface area (Å²) in [5, 5.41) is 5.54. The summed E-state index contributed by atoms with van der Waals surface area (Å²) in [6.07, 6.45) is 10.0. The summed E-state index contributed by atoms with van der Waals surface area (Å²) in [6, 6.07) is 6.43. The fourth-order valence-corrected chi connectivity index (χ4v) is 4.20. The van der Waals surface area contributed by atoms with Gasteiger partial charge in [-0.3, -0.25) is 4.68 Å². The standard InChI is InChI=1S/C18H20BrN5S/c1-25-15-2-3-17-16(8-15)18(21-12-20-17)23-6-4-13(5-7-23)10-24-11-14(19)9-22-24/h2-3,8-9,11-13H,4-7,10H2,1H3. The van der Waals surface area contributed by atoms with Crippen molar-refractivity contribution < 1.29 is 0 Å². The van der Waals surface area contributed by atoms with Crippen LogP contribution in [-0.2, 0) is 6.54 Å². The van der Waals surface area contributed by atoms with Gasteiger partial charge in [0.25, 0.3) is 0 Å². The quantitative estimate of drug-likeness (QED) is 0.594. The van der Waals surface area contributed by atoms with Crippen LogP contribution in [0.15, 0.2) is 46.3 Å². The third kappa shape index (κ3) is 3.67. The Labute approximate surface area is 160 Å². The summed E-state index contributed by atoms with van der Waals surface area (Å²) in [6.45, 7) is 3.05. The maximum atomic E-state index is 4.60. The molecule has 7 heteroatoms. The highest BCUT2D eigenvalue weighted by atomic mass is 79.9. The van der Waals surface area contributed by atoms with Gasteiger partial charge in [0.1, 0.15) is 12.1 Å². The SMILES string of the molecule is CSc1ccc2ncnc(N3CCC(Cn4cc(Br)cn4)CC3)c2c1. The van der Waals surface area contributed by atoms with Crippen molar-refractivity contribution in [2.75, 3.05) is 24.2 Å². The van der Waals surface area contributed by atoms with Gasteiger partial charge in [-0.2, -0.15) is 5.10 Å². The number of piperidine rings is 1. The molecule has 1 aliphatic heterocycles. The van der Waals surface area contributed by atoms with Crippen molar-refractivity contribution in [3.05, 3.63) is 41.4 Å². The third-order valence-corrected chi connectivity index (χ3v) is 5.92. The molecule has 3 heterocycles. The second-order valence-electron chi connectivity index (χ2n) is 6.39. The largest absolute Gasteiger partial charge is 0.356 e. The molecule has 1 aromatic carbocycles. The van der Waals surface area contributed by atoms with Crippen molar-refractivity contribution in [2.45, 2.75) is 24.3 Å². The number of halogens is 1. The minimum Gasteiger partial charge on any atom is -0.356 e. The number of hydrogen-bond donors (Lipinski definition) is 0. The van der Waals surface area contributed by atoms with Crippen LogP contribution in [0.25, 0.3) is 10.9 Å². The first kappa shape index (κ1) is 16.8. The smallest absolute Gasteiger partial charge is 0.139 e. The van der Waals surface area contributed by atoms with Crippen molar-refractivity contribution in [3.63, 3.8) is 0 Å². The fourth-order valence-electron chi connectivity index (χ4n) is 3.43. The van der Waals surface area contributed by atoms with Crippen LogP contribution in [0.1, 0.15) is 12.8 Å². The maximum Gasteiger partial charge on any atom is 0.139 e. The molecule has 0 unspecified atom stereocenters. The van der Waals surface area contributed by atoms with E-state index in [4.69, 9.17) is 0 Å². The number of rotatable bonds is 4. The van der Waals surface area contributed by atoms with E-state index in [1.54, 1.807) is 18.1 Å². The Morgan fingerprint density at radius 2 is 2.08 bits per heavy atom. The molecule has 3 aromatic rings. The van der Waals surface area contributed by atoms with Gasteiger partial charge in [0, 0.05) is 36.1 Å². The van der Waals surface area contributed by atoms with Gasteiger partial charge in [-0.05, 0) is 59.1 Å². The topological polar surface area (TPSA) is 46.8 Å². The lowest BCUT2D eigenvalue weighted by molar-refractivity contribution is 0.342. The summed E-state index contributed by atoms with van der Waals surface area (Å²) in [5.41, 5.74) is 1.02. The second-order valence-corrected chi connectivity index (χ2v) is 8.19. The van der Waals surface area contributed by atoms with Crippen molar-refractivity contribution in [2.24, 2.45) is 5.92 Å². The van der Waals surface area contributed by atoms with Crippen LogP contribution >= 0.6 is 27.7 Å². The van der Waals surface area contributed by atoms with Gasteiger partial charge in [-0.15, -0.1) is 11.8 Å². The van der Waals surface area contributed by atoms with Gasteiger partial charge in [0.15, 0.2) is 0 Å². The second kappa shape index (κ2) is 7.33. The van der Waals surface area contributed by atoms with E-state index in [0.29, 0.717) is 5.92 Å². The summed E-state index contributed by atoms with van der Waals surface area (Å²) in [5.74, 6) is 1.74. The molecule has 4 rings (SSSR count). The Balaban J connectivity index is 1.49. The first-order valence-electron chi connectivity index (χ1n) is 8.44. The van der Waals surface area contributed by atoms with Gasteiger partial charge in [-0.1, -0.05) is 0 Å². The molecule has 0 N–H and O–H groups in total. The van der Waals surface area contributed by atoms with E-state index in [1.165, 1.54) is 4.90 Å². The minimum atomic E-state index is 0.665. The van der Waals surface area contributed by atoms with Gasteiger partial charge in [0.2, 0.25) is 0 Å². The number of hydrogen-bond acceptors (Lipinski definition) is 5. The lowest BCUT2D eigenvalue weighted by atomic mass is 9.96. The van der Waals surface area contributed by atoms with E-state index < -0.39 is 0 Å². The predicted molar refractivity (Wildman–Crippen MR) is 106 cm³/mol. The molecule has 5 nitrogen and oxygen atoms in total. The Hall–Kier alpha value is -1.60. The first-order valence-corrected chi connectivity index (χ1v) is 10.5. The van der Waals surface area contributed by atoms with E-state index in [0.717, 1.165) is 53.7 Å². The van der Waals surface area contributed by atoms with E-state index in [2.05, 4.69) is 60.4 Å². The number of nitrogens with zero attached hydrogens (tertiary/aromatic N) is 5. The van der Waals surface area contributed by atoms with Crippen LogP contribution < -0.4 is 4.90 Å². The van der Waals surface area contributed by atoms with E-state index in [-0.39, 0.29) is 0 Å². The Bertz CT molecular complexity index is 873. The molecule has 1 fully saturated rings. The summed E-state index contributed by atoms with van der Waals surface area (Å²) >= 11 is 5.22. The fraction of sp³-hybridized carbons (Fsp3) is 0.389. The molecule has 0 bridgehead atoms. The van der Waals surface area contributed by atoms with Crippen LogP contribution in [0, 0.1) is 5.92 Å². The molecule has 1 aliphatic rings. The molecular formula is C18H20BrN5S. The Morgan fingerprint density at radius 1 is 1.24 bits per heavy atom. The number of fused-ring (bicyclic) bond motifs is 1. The lowest BCUT2D eigenvalue weighted by Gasteiger charge is -2.33. The van der Waals surface area contributed by atoms with E-state index >= 15 is 0 Å². The molecule has 0 saturated carbocycles. The molecule has 0 aliphatic carbocycles. The van der Waals surface area contributed by atoms with Crippen molar-refractivity contribution >= 4 is 44.4 Å². The Kier molecular flexibility index (Phi) is 4.94. The molecule has 0 radical (unpaired) electrons. The van der Waals surface area contributed by atoms with Crippen molar-refractivity contribution in [3.8, 4) is 0 Å². The molecule has 2 aromatic heterocycles. The number of benzene rings is 1. The third-order valence-electron chi connectivity index (χ3n) is 4.78. The molecule has 0 amide bonds. The predicted octanol–water partition coefficient (Wildman–Crippen LogP) is 4.23. The Morgan fingerprint density at radius 3 is 2.80 bits per heavy atom. The summed E-state index contributed by atoms with van der Waals surface area (Å²) < 4.78 is 3.08. The van der Waals surface area contributed by atoms with Gasteiger partial charge >= 0.3 is 0 Å². The highest BCUT2D eigenvalue weighted by Gasteiger charge is 2.22. The molecular weight excluding hydrogens is 398 g/mol. The summed E-state index contributed by atoms with van der Waals surface area (Å²) in [4.78, 5) is 12.7. The first-order chi connectivity index (χ1) is 12.2. The van der Waals surface area contributed by atoms with Crippen LogP contribution in [0.4, 0.5) is 5.82 Å². The molecule has 25 heavy (non-hydrogen) atoms. The minimum absolute atomic E-state index is 0.665. The average Bonchev–Trinajstić information content (AvgIpc) is 3.06. The van der Waals surface area contributed by atoms with Gasteiger partial charge in [-0.25, -0.2) is 9.97 Å². The highest BCUT2D eigenvalue weighted by Crippen LogP contribution is 2.30. The highest BCUT2D eigenvalue weighted by molar-refractivity contribution is 9.10. The maximum absolute atomic E-state index is 4.60. The van der Waals surface area contributed by atoms with Crippen molar-refractivity contribution in [1.29, 1.82) is 0 Å². The summed E-state index contributed by atoms with van der Waals surface area (Å²) in [7, 11) is 0. The molecule has 0 spiro atoms.